The van der Waals surface area contributed by atoms with E-state index in [1.54, 1.807) is 7.11 Å². The molecule has 3 N–H and O–H groups in total. The summed E-state index contributed by atoms with van der Waals surface area (Å²) in [6, 6.07) is 6.04. The predicted molar refractivity (Wildman–Crippen MR) is 104 cm³/mol. The van der Waals surface area contributed by atoms with Gasteiger partial charge in [0.05, 0.1) is 18.9 Å². The van der Waals surface area contributed by atoms with E-state index < -0.39 is 23.4 Å². The number of hydrogen-bond acceptors (Lipinski definition) is 5. The van der Waals surface area contributed by atoms with Crippen molar-refractivity contribution in [3.8, 4) is 5.75 Å². The lowest BCUT2D eigenvalue weighted by molar-refractivity contribution is -0.153. The van der Waals surface area contributed by atoms with Gasteiger partial charge in [-0.25, -0.2) is 4.79 Å². The molecule has 0 aliphatic carbocycles. The van der Waals surface area contributed by atoms with Crippen LogP contribution in [0.2, 0.25) is 0 Å². The second kappa shape index (κ2) is 8.10. The van der Waals surface area contributed by atoms with E-state index in [9.17, 15) is 19.2 Å². The molecule has 2 aliphatic heterocycles. The number of urea groups is 1. The molecule has 1 aromatic rings. The van der Waals surface area contributed by atoms with Crippen molar-refractivity contribution in [2.45, 2.75) is 32.2 Å². The Bertz CT molecular complexity index is 834. The third-order valence-corrected chi connectivity index (χ3v) is 5.47. The molecule has 0 radical (unpaired) electrons. The molecule has 1 unspecified atom stereocenters. The first-order chi connectivity index (χ1) is 13.8. The molecule has 0 spiro atoms. The van der Waals surface area contributed by atoms with E-state index in [1.165, 1.54) is 4.90 Å². The zero-order valence-electron chi connectivity index (χ0n) is 16.6. The lowest BCUT2D eigenvalue weighted by atomic mass is 9.74. The third kappa shape index (κ3) is 4.03. The van der Waals surface area contributed by atoms with E-state index >= 15 is 0 Å². The summed E-state index contributed by atoms with van der Waals surface area (Å²) in [6.45, 7) is 2.56. The molecule has 9 heteroatoms. The molecule has 2 fully saturated rings. The van der Waals surface area contributed by atoms with Gasteiger partial charge in [0, 0.05) is 19.6 Å². The molecule has 1 aromatic carbocycles. The molecule has 0 saturated carbocycles. The number of nitrogens with two attached hydrogens (primary N) is 1. The summed E-state index contributed by atoms with van der Waals surface area (Å²) in [7, 11) is 1.57. The van der Waals surface area contributed by atoms with E-state index in [0.29, 0.717) is 25.1 Å². The fourth-order valence-corrected chi connectivity index (χ4v) is 3.84. The van der Waals surface area contributed by atoms with Crippen LogP contribution in [0.3, 0.4) is 0 Å². The van der Waals surface area contributed by atoms with Crippen molar-refractivity contribution in [1.82, 2.24) is 15.1 Å². The molecular weight excluding hydrogens is 376 g/mol. The third-order valence-electron chi connectivity index (χ3n) is 5.47. The molecule has 2 aliphatic rings. The van der Waals surface area contributed by atoms with Crippen molar-refractivity contribution in [3.63, 3.8) is 0 Å². The van der Waals surface area contributed by atoms with Crippen molar-refractivity contribution in [2.24, 2.45) is 11.1 Å². The Balaban J connectivity index is 1.61. The minimum Gasteiger partial charge on any atom is -0.497 e. The molecule has 156 valence electrons. The standard InChI is InChI=1S/C20H26N4O5/c1-3-7-24-17(26)15(22-19(24)28)9-16(25)23-11-20(12-23,18(21)27)10-13-5-4-6-14(8-13)29-2/h4-6,8,15H,3,7,9-12H2,1-2H3,(H2,21,27)(H,22,28). The summed E-state index contributed by atoms with van der Waals surface area (Å²) in [5.41, 5.74) is 5.69. The van der Waals surface area contributed by atoms with Gasteiger partial charge in [-0.15, -0.1) is 0 Å². The summed E-state index contributed by atoms with van der Waals surface area (Å²) in [4.78, 5) is 51.5. The molecule has 9 nitrogen and oxygen atoms in total. The molecule has 0 bridgehead atoms. The van der Waals surface area contributed by atoms with Crippen LogP contribution in [0, 0.1) is 5.41 Å². The van der Waals surface area contributed by atoms with Crippen LogP contribution in [0.5, 0.6) is 5.75 Å². The number of primary amides is 1. The number of imide groups is 1. The number of carbonyl (C=O) groups is 4. The average molecular weight is 402 g/mol. The van der Waals surface area contributed by atoms with Crippen molar-refractivity contribution in [3.05, 3.63) is 29.8 Å². The summed E-state index contributed by atoms with van der Waals surface area (Å²) < 4.78 is 5.21. The highest BCUT2D eigenvalue weighted by Crippen LogP contribution is 2.35. The summed E-state index contributed by atoms with van der Waals surface area (Å²) >= 11 is 0. The second-order valence-electron chi connectivity index (χ2n) is 7.62. The maximum absolute atomic E-state index is 12.6. The molecule has 29 heavy (non-hydrogen) atoms. The van der Waals surface area contributed by atoms with E-state index in [-0.39, 0.29) is 31.3 Å². The zero-order valence-corrected chi connectivity index (χ0v) is 16.6. The Hall–Kier alpha value is -3.10. The van der Waals surface area contributed by atoms with Crippen molar-refractivity contribution < 1.29 is 23.9 Å². The Labute approximate surface area is 169 Å². The number of carbonyl (C=O) groups excluding carboxylic acids is 4. The fraction of sp³-hybridized carbons (Fsp3) is 0.500. The van der Waals surface area contributed by atoms with E-state index in [2.05, 4.69) is 5.32 Å². The quantitative estimate of drug-likeness (QED) is 0.605. The Morgan fingerprint density at radius 1 is 1.31 bits per heavy atom. The van der Waals surface area contributed by atoms with Crippen molar-refractivity contribution >= 4 is 23.8 Å². The van der Waals surface area contributed by atoms with Crippen LogP contribution < -0.4 is 15.8 Å². The van der Waals surface area contributed by atoms with Crippen LogP contribution in [0.4, 0.5) is 4.79 Å². The van der Waals surface area contributed by atoms with Crippen LogP contribution >= 0.6 is 0 Å². The van der Waals surface area contributed by atoms with Gasteiger partial charge in [-0.05, 0) is 30.5 Å². The van der Waals surface area contributed by atoms with Crippen LogP contribution in [0.25, 0.3) is 0 Å². The Morgan fingerprint density at radius 3 is 2.66 bits per heavy atom. The lowest BCUT2D eigenvalue weighted by Gasteiger charge is -2.48. The van der Waals surface area contributed by atoms with Gasteiger partial charge in [0.2, 0.25) is 11.8 Å². The average Bonchev–Trinajstić information content (AvgIpc) is 2.91. The van der Waals surface area contributed by atoms with Crippen LogP contribution in [0.1, 0.15) is 25.3 Å². The van der Waals surface area contributed by atoms with Gasteiger partial charge in [-0.1, -0.05) is 19.1 Å². The highest BCUT2D eigenvalue weighted by molar-refractivity contribution is 6.06. The van der Waals surface area contributed by atoms with Gasteiger partial charge in [-0.2, -0.15) is 0 Å². The maximum atomic E-state index is 12.6. The van der Waals surface area contributed by atoms with Gasteiger partial charge in [0.1, 0.15) is 11.8 Å². The monoisotopic (exact) mass is 402 g/mol. The van der Waals surface area contributed by atoms with Crippen molar-refractivity contribution in [1.29, 1.82) is 0 Å². The first kappa shape index (κ1) is 20.6. The number of benzene rings is 1. The van der Waals surface area contributed by atoms with Crippen molar-refractivity contribution in [2.75, 3.05) is 26.7 Å². The van der Waals surface area contributed by atoms with E-state index in [0.717, 1.165) is 10.5 Å². The van der Waals surface area contributed by atoms with Gasteiger partial charge in [0.25, 0.3) is 5.91 Å². The number of methoxy groups -OCH3 is 1. The number of nitrogens with one attached hydrogen (secondary N) is 1. The number of nitrogens with zero attached hydrogens (tertiary/aromatic N) is 2. The molecule has 2 saturated heterocycles. The number of amides is 5. The number of likely N-dealkylation sites (tertiary alicyclic amines) is 1. The van der Waals surface area contributed by atoms with Gasteiger partial charge in [0.15, 0.2) is 0 Å². The first-order valence-electron chi connectivity index (χ1n) is 9.62. The largest absolute Gasteiger partial charge is 0.497 e. The molecule has 5 amide bonds. The molecule has 3 rings (SSSR count). The predicted octanol–water partition coefficient (Wildman–Crippen LogP) is 0.272. The number of ether oxygens (including phenoxy) is 1. The zero-order chi connectivity index (χ0) is 21.2. The maximum Gasteiger partial charge on any atom is 0.324 e. The second-order valence-corrected chi connectivity index (χ2v) is 7.62. The van der Waals surface area contributed by atoms with Crippen LogP contribution in [-0.2, 0) is 20.8 Å². The normalized spacial score (nSPS) is 20.3. The van der Waals surface area contributed by atoms with Crippen LogP contribution in [0.15, 0.2) is 24.3 Å². The fourth-order valence-electron chi connectivity index (χ4n) is 3.84. The topological polar surface area (TPSA) is 122 Å². The first-order valence-corrected chi connectivity index (χ1v) is 9.62. The van der Waals surface area contributed by atoms with Crippen LogP contribution in [-0.4, -0.2) is 66.3 Å². The lowest BCUT2D eigenvalue weighted by Crippen LogP contribution is -2.65. The van der Waals surface area contributed by atoms with Gasteiger partial charge >= 0.3 is 6.03 Å². The molecule has 0 aromatic heterocycles. The summed E-state index contributed by atoms with van der Waals surface area (Å²) in [5.74, 6) is -0.460. The highest BCUT2D eigenvalue weighted by atomic mass is 16.5. The minimum atomic E-state index is -0.858. The number of hydrogen-bond donors (Lipinski definition) is 2. The summed E-state index contributed by atoms with van der Waals surface area (Å²) in [5, 5.41) is 2.55. The minimum absolute atomic E-state index is 0.126. The smallest absolute Gasteiger partial charge is 0.324 e. The molecule has 1 atom stereocenters. The highest BCUT2D eigenvalue weighted by Gasteiger charge is 2.50. The molecule has 2 heterocycles. The SMILES string of the molecule is CCCN1C(=O)NC(CC(=O)N2CC(Cc3cccc(OC)c3)(C(N)=O)C2)C1=O. The van der Waals surface area contributed by atoms with E-state index in [4.69, 9.17) is 10.5 Å². The van der Waals surface area contributed by atoms with E-state index in [1.807, 2.05) is 31.2 Å². The number of rotatable bonds is 8. The summed E-state index contributed by atoms with van der Waals surface area (Å²) in [6.07, 6.45) is 0.919. The van der Waals surface area contributed by atoms with Gasteiger partial charge < -0.3 is 20.7 Å². The molecular formula is C20H26N4O5. The Morgan fingerprint density at radius 2 is 2.03 bits per heavy atom. The van der Waals surface area contributed by atoms with Gasteiger partial charge in [-0.3, -0.25) is 19.3 Å². The Kier molecular flexibility index (Phi) is 5.76.